The molecule has 0 aromatic carbocycles. The Kier molecular flexibility index (Phi) is 4.85. The fourth-order valence-electron chi connectivity index (χ4n) is 2.45. The van der Waals surface area contributed by atoms with Crippen molar-refractivity contribution in [3.63, 3.8) is 0 Å². The van der Waals surface area contributed by atoms with Gasteiger partial charge in [0.05, 0.1) is 18.3 Å². The summed E-state index contributed by atoms with van der Waals surface area (Å²) in [5.41, 5.74) is 0.527. The molecule has 0 radical (unpaired) electrons. The largest absolute Gasteiger partial charge is 0.480 e. The molecule has 1 atom stereocenters. The normalized spacial score (nSPS) is 18.6. The predicted octanol–water partition coefficient (Wildman–Crippen LogP) is 0.239. The molecule has 0 bridgehead atoms. The number of anilines is 1. The first kappa shape index (κ1) is 14.2. The minimum atomic E-state index is -0.849. The summed E-state index contributed by atoms with van der Waals surface area (Å²) >= 11 is 0. The second kappa shape index (κ2) is 6.82. The number of piperidine rings is 1. The van der Waals surface area contributed by atoms with E-state index in [2.05, 4.69) is 26.5 Å². The number of aromatic nitrogens is 2. The number of carbonyl (C=O) groups is 1. The van der Waals surface area contributed by atoms with E-state index < -0.39 is 5.97 Å². The molecular formula is C13H17N5O2. The lowest BCUT2D eigenvalue weighted by molar-refractivity contribution is -0.136. The Morgan fingerprint density at radius 3 is 3.25 bits per heavy atom. The van der Waals surface area contributed by atoms with Gasteiger partial charge in [0.25, 0.3) is 0 Å². The van der Waals surface area contributed by atoms with Crippen molar-refractivity contribution in [2.75, 3.05) is 31.1 Å². The van der Waals surface area contributed by atoms with E-state index in [1.165, 1.54) is 6.20 Å². The van der Waals surface area contributed by atoms with Gasteiger partial charge in [-0.25, -0.2) is 0 Å². The highest BCUT2D eigenvalue weighted by Crippen LogP contribution is 2.23. The molecule has 1 aromatic heterocycles. The number of rotatable bonds is 5. The Bertz CT molecular complexity index is 514. The molecule has 20 heavy (non-hydrogen) atoms. The number of nitrogens with one attached hydrogen (secondary N) is 1. The minimum absolute atomic E-state index is 0.0227. The lowest BCUT2D eigenvalue weighted by atomic mass is 9.97. The zero-order valence-electron chi connectivity index (χ0n) is 11.1. The second-order valence-corrected chi connectivity index (χ2v) is 4.86. The van der Waals surface area contributed by atoms with Crippen molar-refractivity contribution >= 4 is 11.8 Å². The van der Waals surface area contributed by atoms with E-state index in [9.17, 15) is 4.79 Å². The predicted molar refractivity (Wildman–Crippen MR) is 72.2 cm³/mol. The Morgan fingerprint density at radius 1 is 1.65 bits per heavy atom. The van der Waals surface area contributed by atoms with Gasteiger partial charge in [0.2, 0.25) is 0 Å². The maximum Gasteiger partial charge on any atom is 0.317 e. The molecule has 2 rings (SSSR count). The number of carboxylic acid groups (broad SMARTS) is 1. The van der Waals surface area contributed by atoms with Crippen LogP contribution in [-0.2, 0) is 4.79 Å². The van der Waals surface area contributed by atoms with Gasteiger partial charge in [0.15, 0.2) is 5.82 Å². The van der Waals surface area contributed by atoms with E-state index in [1.807, 2.05) is 0 Å². The van der Waals surface area contributed by atoms with Crippen molar-refractivity contribution in [1.82, 2.24) is 15.5 Å². The van der Waals surface area contributed by atoms with Gasteiger partial charge in [-0.2, -0.15) is 10.4 Å². The van der Waals surface area contributed by atoms with Crippen LogP contribution in [0, 0.1) is 17.2 Å². The van der Waals surface area contributed by atoms with Gasteiger partial charge < -0.3 is 15.3 Å². The third-order valence-corrected chi connectivity index (χ3v) is 3.35. The summed E-state index contributed by atoms with van der Waals surface area (Å²) < 4.78 is 0. The fraction of sp³-hybridized carbons (Fsp3) is 0.538. The van der Waals surface area contributed by atoms with Crippen LogP contribution >= 0.6 is 0 Å². The SMILES string of the molecule is N#Cc1ccnnc1N1CCCC(CNCC(=O)O)C1. The number of hydrogen-bond donors (Lipinski definition) is 2. The average molecular weight is 275 g/mol. The first-order chi connectivity index (χ1) is 9.70. The summed E-state index contributed by atoms with van der Waals surface area (Å²) in [6.45, 7) is 2.25. The van der Waals surface area contributed by atoms with Crippen molar-refractivity contribution in [2.24, 2.45) is 5.92 Å². The molecule has 1 fully saturated rings. The van der Waals surface area contributed by atoms with Crippen molar-refractivity contribution in [3.8, 4) is 6.07 Å². The van der Waals surface area contributed by atoms with Crippen LogP contribution in [0.1, 0.15) is 18.4 Å². The van der Waals surface area contributed by atoms with E-state index in [1.54, 1.807) is 6.07 Å². The van der Waals surface area contributed by atoms with E-state index in [-0.39, 0.29) is 6.54 Å². The Morgan fingerprint density at radius 2 is 2.50 bits per heavy atom. The molecular weight excluding hydrogens is 258 g/mol. The molecule has 2 N–H and O–H groups in total. The smallest absolute Gasteiger partial charge is 0.317 e. The topological polar surface area (TPSA) is 102 Å². The van der Waals surface area contributed by atoms with Gasteiger partial charge in [0, 0.05) is 19.6 Å². The lowest BCUT2D eigenvalue weighted by Gasteiger charge is -2.33. The molecule has 1 aromatic rings. The van der Waals surface area contributed by atoms with Crippen LogP contribution in [0.25, 0.3) is 0 Å². The first-order valence-electron chi connectivity index (χ1n) is 6.60. The standard InChI is InChI=1S/C13H17N5O2/c14-6-11-3-4-16-17-13(11)18-5-1-2-10(9-18)7-15-8-12(19)20/h3-4,10,15H,1-2,5,7-9H2,(H,19,20). The van der Waals surface area contributed by atoms with Gasteiger partial charge in [-0.1, -0.05) is 0 Å². The quantitative estimate of drug-likeness (QED) is 0.793. The molecule has 106 valence electrons. The number of nitrogens with zero attached hydrogens (tertiary/aromatic N) is 4. The van der Waals surface area contributed by atoms with Crippen LogP contribution in [0.4, 0.5) is 5.82 Å². The van der Waals surface area contributed by atoms with Crippen molar-refractivity contribution in [3.05, 3.63) is 17.8 Å². The van der Waals surface area contributed by atoms with Crippen molar-refractivity contribution < 1.29 is 9.90 Å². The summed E-state index contributed by atoms with van der Waals surface area (Å²) in [5, 5.41) is 28.5. The fourth-order valence-corrected chi connectivity index (χ4v) is 2.45. The highest BCUT2D eigenvalue weighted by Gasteiger charge is 2.22. The van der Waals surface area contributed by atoms with Crippen LogP contribution in [0.5, 0.6) is 0 Å². The molecule has 0 aliphatic carbocycles. The molecule has 0 spiro atoms. The number of hydrogen-bond acceptors (Lipinski definition) is 6. The molecule has 7 nitrogen and oxygen atoms in total. The number of aliphatic carboxylic acids is 1. The first-order valence-corrected chi connectivity index (χ1v) is 6.60. The van der Waals surface area contributed by atoms with Crippen LogP contribution in [0.15, 0.2) is 12.3 Å². The lowest BCUT2D eigenvalue weighted by Crippen LogP contribution is -2.41. The Hall–Kier alpha value is -2.20. The van der Waals surface area contributed by atoms with Gasteiger partial charge in [0.1, 0.15) is 6.07 Å². The monoisotopic (exact) mass is 275 g/mol. The highest BCUT2D eigenvalue weighted by molar-refractivity contribution is 5.68. The third kappa shape index (κ3) is 3.65. The maximum atomic E-state index is 10.5. The third-order valence-electron chi connectivity index (χ3n) is 3.35. The summed E-state index contributed by atoms with van der Waals surface area (Å²) in [7, 11) is 0. The zero-order valence-corrected chi connectivity index (χ0v) is 11.1. The molecule has 1 saturated heterocycles. The van der Waals surface area contributed by atoms with Crippen LogP contribution < -0.4 is 10.2 Å². The molecule has 0 saturated carbocycles. The molecule has 1 unspecified atom stereocenters. The molecule has 0 amide bonds. The van der Waals surface area contributed by atoms with Crippen LogP contribution in [0.2, 0.25) is 0 Å². The van der Waals surface area contributed by atoms with E-state index in [0.29, 0.717) is 23.8 Å². The number of nitriles is 1. The molecule has 2 heterocycles. The molecule has 1 aliphatic heterocycles. The minimum Gasteiger partial charge on any atom is -0.480 e. The summed E-state index contributed by atoms with van der Waals surface area (Å²) in [6, 6.07) is 3.79. The molecule has 1 aliphatic rings. The van der Waals surface area contributed by atoms with Gasteiger partial charge in [-0.15, -0.1) is 5.10 Å². The van der Waals surface area contributed by atoms with Crippen molar-refractivity contribution in [1.29, 1.82) is 5.26 Å². The Balaban J connectivity index is 1.96. The summed E-state index contributed by atoms with van der Waals surface area (Å²) in [4.78, 5) is 12.5. The van der Waals surface area contributed by atoms with Gasteiger partial charge in [-0.3, -0.25) is 4.79 Å². The van der Waals surface area contributed by atoms with Gasteiger partial charge >= 0.3 is 5.97 Å². The van der Waals surface area contributed by atoms with Gasteiger partial charge in [-0.05, 0) is 24.8 Å². The van der Waals surface area contributed by atoms with E-state index in [4.69, 9.17) is 10.4 Å². The number of carboxylic acids is 1. The molecule has 7 heteroatoms. The van der Waals surface area contributed by atoms with Crippen molar-refractivity contribution in [2.45, 2.75) is 12.8 Å². The summed E-state index contributed by atoms with van der Waals surface area (Å²) in [5.74, 6) is 0.132. The summed E-state index contributed by atoms with van der Waals surface area (Å²) in [6.07, 6.45) is 3.56. The zero-order chi connectivity index (χ0) is 14.4. The Labute approximate surface area is 117 Å². The highest BCUT2D eigenvalue weighted by atomic mass is 16.4. The van der Waals surface area contributed by atoms with Crippen LogP contribution in [-0.4, -0.2) is 47.5 Å². The van der Waals surface area contributed by atoms with E-state index in [0.717, 1.165) is 25.9 Å². The maximum absolute atomic E-state index is 10.5. The van der Waals surface area contributed by atoms with Crippen LogP contribution in [0.3, 0.4) is 0 Å². The second-order valence-electron chi connectivity index (χ2n) is 4.86. The average Bonchev–Trinajstić information content (AvgIpc) is 2.47. The van der Waals surface area contributed by atoms with E-state index >= 15 is 0 Å².